The molecule has 3 rings (SSSR count). The van der Waals surface area contributed by atoms with Gasteiger partial charge in [0.25, 0.3) is 0 Å². The molecule has 3 aromatic rings. The number of rotatable bonds is 2. The lowest BCUT2D eigenvalue weighted by Gasteiger charge is -2.11. The van der Waals surface area contributed by atoms with Crippen molar-refractivity contribution in [1.82, 2.24) is 4.98 Å². The fourth-order valence-electron chi connectivity index (χ4n) is 2.16. The van der Waals surface area contributed by atoms with Crippen molar-refractivity contribution in [1.29, 1.82) is 0 Å². The number of benzene rings is 2. The average Bonchev–Trinajstić information content (AvgIpc) is 2.45. The number of nitrogens with two attached hydrogens (primary N) is 1. The highest BCUT2D eigenvalue weighted by Gasteiger charge is 2.11. The van der Waals surface area contributed by atoms with Gasteiger partial charge in [-0.05, 0) is 37.6 Å². The largest absolute Gasteiger partial charge is 0.436 e. The van der Waals surface area contributed by atoms with Gasteiger partial charge in [0.2, 0.25) is 5.88 Å². The number of aryl methyl sites for hydroxylation is 2. The molecule has 3 nitrogen and oxygen atoms in total. The van der Waals surface area contributed by atoms with Gasteiger partial charge in [-0.15, -0.1) is 0 Å². The summed E-state index contributed by atoms with van der Waals surface area (Å²) >= 11 is 0. The van der Waals surface area contributed by atoms with Crippen LogP contribution in [0.15, 0.2) is 42.5 Å². The summed E-state index contributed by atoms with van der Waals surface area (Å²) in [5, 5.41) is 1.02. The van der Waals surface area contributed by atoms with Crippen LogP contribution in [0.2, 0.25) is 0 Å². The van der Waals surface area contributed by atoms with Crippen molar-refractivity contribution in [2.45, 2.75) is 13.8 Å². The lowest BCUT2D eigenvalue weighted by molar-refractivity contribution is 0.426. The Bertz CT molecular complexity index is 830. The second-order valence-electron chi connectivity index (χ2n) is 5.04. The Morgan fingerprint density at radius 1 is 1.05 bits per heavy atom. The number of anilines is 1. The molecule has 0 fully saturated rings. The number of para-hydroxylation sites is 1. The predicted octanol–water partition coefficient (Wildman–Crippen LogP) is 4.37. The highest BCUT2D eigenvalue weighted by atomic mass is 19.1. The lowest BCUT2D eigenvalue weighted by atomic mass is 10.1. The van der Waals surface area contributed by atoms with E-state index >= 15 is 0 Å². The molecule has 0 aliphatic heterocycles. The molecule has 106 valence electrons. The molecule has 1 aromatic heterocycles. The number of fused-ring (bicyclic) bond motifs is 1. The predicted molar refractivity (Wildman–Crippen MR) is 82.1 cm³/mol. The van der Waals surface area contributed by atoms with Crippen molar-refractivity contribution in [3.63, 3.8) is 0 Å². The zero-order valence-electron chi connectivity index (χ0n) is 11.9. The van der Waals surface area contributed by atoms with Crippen molar-refractivity contribution in [2.24, 2.45) is 0 Å². The summed E-state index contributed by atoms with van der Waals surface area (Å²) in [5.74, 6) is 0.0387. The molecular formula is C17H15FN2O. The van der Waals surface area contributed by atoms with Crippen LogP contribution in [0, 0.1) is 19.7 Å². The maximum Gasteiger partial charge on any atom is 0.222 e. The number of nitrogen functional groups attached to an aromatic ring is 1. The van der Waals surface area contributed by atoms with Gasteiger partial charge in [-0.25, -0.2) is 9.37 Å². The summed E-state index contributed by atoms with van der Waals surface area (Å²) in [6.07, 6.45) is 0. The van der Waals surface area contributed by atoms with E-state index in [1.54, 1.807) is 6.07 Å². The van der Waals surface area contributed by atoms with Crippen molar-refractivity contribution in [3.8, 4) is 11.6 Å². The summed E-state index contributed by atoms with van der Waals surface area (Å²) in [6, 6.07) is 12.6. The Hall–Kier alpha value is -2.62. The highest BCUT2D eigenvalue weighted by Crippen LogP contribution is 2.30. The van der Waals surface area contributed by atoms with Crippen molar-refractivity contribution in [3.05, 3.63) is 59.4 Å². The number of aromatic nitrogens is 1. The summed E-state index contributed by atoms with van der Waals surface area (Å²) in [5.41, 5.74) is 8.51. The molecule has 0 spiro atoms. The third kappa shape index (κ3) is 2.52. The van der Waals surface area contributed by atoms with Crippen LogP contribution in [0.3, 0.4) is 0 Å². The molecule has 4 heteroatoms. The van der Waals surface area contributed by atoms with E-state index < -0.39 is 5.82 Å². The summed E-state index contributed by atoms with van der Waals surface area (Å²) in [4.78, 5) is 4.44. The van der Waals surface area contributed by atoms with E-state index in [4.69, 9.17) is 10.5 Å². The second-order valence-corrected chi connectivity index (χ2v) is 5.04. The molecule has 0 saturated carbocycles. The highest BCUT2D eigenvalue weighted by molar-refractivity contribution is 5.80. The maximum atomic E-state index is 13.9. The van der Waals surface area contributed by atoms with Crippen LogP contribution >= 0.6 is 0 Å². The molecule has 1 heterocycles. The number of nitrogens with zero attached hydrogens (tertiary/aromatic N) is 1. The molecule has 0 saturated heterocycles. The number of ether oxygens (including phenoxy) is 1. The van der Waals surface area contributed by atoms with Gasteiger partial charge in [0.1, 0.15) is 0 Å². The Morgan fingerprint density at radius 2 is 1.81 bits per heavy atom. The number of pyridine rings is 1. The Balaban J connectivity index is 2.05. The van der Waals surface area contributed by atoms with Crippen LogP contribution in [-0.4, -0.2) is 4.98 Å². The van der Waals surface area contributed by atoms with E-state index in [2.05, 4.69) is 4.98 Å². The monoisotopic (exact) mass is 282 g/mol. The fraction of sp³-hybridized carbons (Fsp3) is 0.118. The van der Waals surface area contributed by atoms with Crippen molar-refractivity contribution >= 4 is 16.6 Å². The Morgan fingerprint density at radius 3 is 2.62 bits per heavy atom. The molecule has 0 atom stereocenters. The second kappa shape index (κ2) is 5.05. The van der Waals surface area contributed by atoms with Gasteiger partial charge in [0.15, 0.2) is 11.6 Å². The lowest BCUT2D eigenvalue weighted by Crippen LogP contribution is -1.97. The third-order valence-electron chi connectivity index (χ3n) is 3.40. The molecule has 0 unspecified atom stereocenters. The zero-order chi connectivity index (χ0) is 15.0. The minimum Gasteiger partial charge on any atom is -0.436 e. The molecule has 0 bridgehead atoms. The fourth-order valence-corrected chi connectivity index (χ4v) is 2.16. The van der Waals surface area contributed by atoms with Crippen molar-refractivity contribution in [2.75, 3.05) is 5.73 Å². The van der Waals surface area contributed by atoms with Crippen LogP contribution in [0.1, 0.15) is 11.1 Å². The molecule has 0 aliphatic carbocycles. The molecule has 0 amide bonds. The average molecular weight is 282 g/mol. The van der Waals surface area contributed by atoms with E-state index in [1.165, 1.54) is 6.07 Å². The van der Waals surface area contributed by atoms with E-state index in [0.717, 1.165) is 22.0 Å². The zero-order valence-corrected chi connectivity index (χ0v) is 11.9. The number of hydrogen-bond donors (Lipinski definition) is 1. The number of hydrogen-bond acceptors (Lipinski definition) is 3. The molecule has 0 radical (unpaired) electrons. The normalized spacial score (nSPS) is 10.8. The first-order valence-electron chi connectivity index (χ1n) is 6.64. The Kier molecular flexibility index (Phi) is 3.22. The van der Waals surface area contributed by atoms with E-state index in [1.807, 2.05) is 44.2 Å². The van der Waals surface area contributed by atoms with Gasteiger partial charge < -0.3 is 10.5 Å². The van der Waals surface area contributed by atoms with Crippen LogP contribution in [0.5, 0.6) is 11.6 Å². The van der Waals surface area contributed by atoms with Crippen LogP contribution in [0.25, 0.3) is 10.9 Å². The molecule has 2 aromatic carbocycles. The third-order valence-corrected chi connectivity index (χ3v) is 3.40. The van der Waals surface area contributed by atoms with Gasteiger partial charge >= 0.3 is 0 Å². The first-order chi connectivity index (χ1) is 10.0. The van der Waals surface area contributed by atoms with Crippen LogP contribution < -0.4 is 10.5 Å². The van der Waals surface area contributed by atoms with Gasteiger partial charge in [-0.2, -0.15) is 0 Å². The van der Waals surface area contributed by atoms with Gasteiger partial charge in [-0.3, -0.25) is 0 Å². The van der Waals surface area contributed by atoms with Gasteiger partial charge in [0, 0.05) is 22.7 Å². The Labute approximate surface area is 122 Å². The standard InChI is InChI=1S/C17H15FN2O/c1-10-8-16(13(18)9-14(10)19)21-17-11(2)7-12-5-3-4-6-15(12)20-17/h3-9H,19H2,1-2H3. The van der Waals surface area contributed by atoms with E-state index in [0.29, 0.717) is 11.6 Å². The molecular weight excluding hydrogens is 267 g/mol. The first-order valence-corrected chi connectivity index (χ1v) is 6.64. The van der Waals surface area contributed by atoms with E-state index in [-0.39, 0.29) is 5.75 Å². The summed E-state index contributed by atoms with van der Waals surface area (Å²) < 4.78 is 19.6. The minimum absolute atomic E-state index is 0.132. The number of halogens is 1. The summed E-state index contributed by atoms with van der Waals surface area (Å²) in [7, 11) is 0. The van der Waals surface area contributed by atoms with Crippen molar-refractivity contribution < 1.29 is 9.13 Å². The van der Waals surface area contributed by atoms with Gasteiger partial charge in [0.05, 0.1) is 5.52 Å². The topological polar surface area (TPSA) is 48.1 Å². The molecule has 0 aliphatic rings. The smallest absolute Gasteiger partial charge is 0.222 e. The minimum atomic E-state index is -0.493. The van der Waals surface area contributed by atoms with Gasteiger partial charge in [-0.1, -0.05) is 18.2 Å². The maximum absolute atomic E-state index is 13.9. The molecule has 21 heavy (non-hydrogen) atoms. The van der Waals surface area contributed by atoms with Crippen LogP contribution in [0.4, 0.5) is 10.1 Å². The SMILES string of the molecule is Cc1cc(Oc2nc3ccccc3cc2C)c(F)cc1N. The van der Waals surface area contributed by atoms with Crippen LogP contribution in [-0.2, 0) is 0 Å². The first kappa shape index (κ1) is 13.4. The quantitative estimate of drug-likeness (QED) is 0.710. The molecule has 2 N–H and O–H groups in total. The van der Waals surface area contributed by atoms with E-state index in [9.17, 15) is 4.39 Å². The summed E-state index contributed by atoms with van der Waals surface area (Å²) in [6.45, 7) is 3.69.